The van der Waals surface area contributed by atoms with Crippen molar-refractivity contribution >= 4 is 41.5 Å². The quantitative estimate of drug-likeness (QED) is 0.160. The summed E-state index contributed by atoms with van der Waals surface area (Å²) in [6, 6.07) is 7.85. The Morgan fingerprint density at radius 3 is 2.87 bits per heavy atom. The molecule has 0 radical (unpaired) electrons. The molecule has 0 spiro atoms. The molecule has 2 unspecified atom stereocenters. The number of rotatable bonds is 12. The zero-order chi connectivity index (χ0) is 21.6. The monoisotopic (exact) mass is 546 g/mol. The Labute approximate surface area is 204 Å². The summed E-state index contributed by atoms with van der Waals surface area (Å²) in [5.74, 6) is 0.839. The smallest absolute Gasteiger partial charge is 0.227 e. The summed E-state index contributed by atoms with van der Waals surface area (Å²) in [6.07, 6.45) is 4.27. The van der Waals surface area contributed by atoms with E-state index >= 15 is 0 Å². The number of anilines is 1. The number of aliphatic imine (C=N–C) groups is 1. The van der Waals surface area contributed by atoms with Gasteiger partial charge in [-0.3, -0.25) is 4.79 Å². The third-order valence-corrected chi connectivity index (χ3v) is 5.10. The first kappa shape index (κ1) is 27.6. The summed E-state index contributed by atoms with van der Waals surface area (Å²) in [5, 5.41) is 9.59. The molecule has 1 aromatic rings. The molecule has 1 fully saturated rings. The number of guanidine groups is 1. The fraction of sp³-hybridized carbons (Fsp3) is 0.652. The van der Waals surface area contributed by atoms with Crippen LogP contribution in [-0.2, 0) is 20.8 Å². The molecule has 1 heterocycles. The number of ether oxygens (including phenoxy) is 2. The van der Waals surface area contributed by atoms with Crippen molar-refractivity contribution in [3.8, 4) is 0 Å². The van der Waals surface area contributed by atoms with Gasteiger partial charge >= 0.3 is 0 Å². The van der Waals surface area contributed by atoms with Crippen LogP contribution in [0.25, 0.3) is 0 Å². The highest BCUT2D eigenvalue weighted by atomic mass is 127. The molecule has 1 amide bonds. The van der Waals surface area contributed by atoms with Crippen LogP contribution in [0.3, 0.4) is 0 Å². The average Bonchev–Trinajstić information content (AvgIpc) is 3.27. The summed E-state index contributed by atoms with van der Waals surface area (Å²) in [4.78, 5) is 16.8. The molecule has 2 rings (SSSR count). The van der Waals surface area contributed by atoms with Crippen LogP contribution in [0.5, 0.6) is 0 Å². The first-order valence-corrected chi connectivity index (χ1v) is 11.2. The molecule has 0 aliphatic carbocycles. The minimum Gasteiger partial charge on any atom is -0.379 e. The van der Waals surface area contributed by atoms with Gasteiger partial charge in [-0.25, -0.2) is 4.99 Å². The van der Waals surface area contributed by atoms with Gasteiger partial charge in [-0.1, -0.05) is 26.0 Å². The Hall–Kier alpha value is -1.39. The number of amides is 1. The maximum Gasteiger partial charge on any atom is 0.227 e. The number of halogens is 1. The first-order chi connectivity index (χ1) is 14.6. The van der Waals surface area contributed by atoms with Gasteiger partial charge in [0.25, 0.3) is 0 Å². The van der Waals surface area contributed by atoms with Crippen LogP contribution in [0.1, 0.15) is 52.0 Å². The van der Waals surface area contributed by atoms with Gasteiger partial charge in [-0.2, -0.15) is 0 Å². The molecule has 7 nitrogen and oxygen atoms in total. The van der Waals surface area contributed by atoms with Crippen molar-refractivity contribution in [2.24, 2.45) is 10.9 Å². The highest BCUT2D eigenvalue weighted by Gasteiger charge is 2.15. The van der Waals surface area contributed by atoms with E-state index in [0.29, 0.717) is 19.8 Å². The topological polar surface area (TPSA) is 84.0 Å². The van der Waals surface area contributed by atoms with Crippen molar-refractivity contribution in [3.63, 3.8) is 0 Å². The summed E-state index contributed by atoms with van der Waals surface area (Å²) >= 11 is 0. The molecule has 1 aliphatic rings. The number of hydrogen-bond donors (Lipinski definition) is 3. The molecule has 2 atom stereocenters. The lowest BCUT2D eigenvalue weighted by atomic mass is 10.1. The van der Waals surface area contributed by atoms with E-state index in [4.69, 9.17) is 9.47 Å². The summed E-state index contributed by atoms with van der Waals surface area (Å²) in [7, 11) is 0. The second kappa shape index (κ2) is 16.3. The Balaban J connectivity index is 0.00000480. The summed E-state index contributed by atoms with van der Waals surface area (Å²) < 4.78 is 11.3. The SMILES string of the molecule is CCNC(=NCc1cccc(NC(=O)C(C)CC)c1)NCCCOCC1CCCO1.I. The Kier molecular flexibility index (Phi) is 14.5. The van der Waals surface area contributed by atoms with Gasteiger partial charge in [0.15, 0.2) is 5.96 Å². The number of benzene rings is 1. The third kappa shape index (κ3) is 11.2. The molecule has 0 bridgehead atoms. The predicted octanol–water partition coefficient (Wildman–Crippen LogP) is 3.93. The van der Waals surface area contributed by atoms with E-state index in [0.717, 1.165) is 62.6 Å². The molecule has 1 aromatic carbocycles. The highest BCUT2D eigenvalue weighted by Crippen LogP contribution is 2.14. The van der Waals surface area contributed by atoms with Gasteiger partial charge in [0.1, 0.15) is 0 Å². The number of nitrogens with one attached hydrogen (secondary N) is 3. The van der Waals surface area contributed by atoms with Crippen LogP contribution in [-0.4, -0.2) is 50.9 Å². The Bertz CT molecular complexity index is 666. The zero-order valence-corrected chi connectivity index (χ0v) is 21.4. The number of carbonyl (C=O) groups is 1. The van der Waals surface area contributed by atoms with Crippen LogP contribution in [0.2, 0.25) is 0 Å². The average molecular weight is 546 g/mol. The van der Waals surface area contributed by atoms with E-state index in [1.807, 2.05) is 45.0 Å². The van der Waals surface area contributed by atoms with E-state index in [1.54, 1.807) is 0 Å². The molecular formula is C23H39IN4O3. The van der Waals surface area contributed by atoms with Gasteiger partial charge in [-0.05, 0) is 50.3 Å². The summed E-state index contributed by atoms with van der Waals surface area (Å²) in [5.41, 5.74) is 1.86. The normalized spacial score (nSPS) is 17.0. The molecule has 1 saturated heterocycles. The predicted molar refractivity (Wildman–Crippen MR) is 137 cm³/mol. The van der Waals surface area contributed by atoms with Crippen molar-refractivity contribution in [2.75, 3.05) is 38.2 Å². The molecular weight excluding hydrogens is 507 g/mol. The van der Waals surface area contributed by atoms with Crippen molar-refractivity contribution in [3.05, 3.63) is 29.8 Å². The number of carbonyl (C=O) groups excluding carboxylic acids is 1. The number of hydrogen-bond acceptors (Lipinski definition) is 4. The lowest BCUT2D eigenvalue weighted by Crippen LogP contribution is -2.38. The fourth-order valence-corrected chi connectivity index (χ4v) is 3.08. The zero-order valence-electron chi connectivity index (χ0n) is 19.1. The van der Waals surface area contributed by atoms with E-state index in [2.05, 4.69) is 20.9 Å². The van der Waals surface area contributed by atoms with Crippen LogP contribution in [0, 0.1) is 5.92 Å². The van der Waals surface area contributed by atoms with Gasteiger partial charge in [0, 0.05) is 37.9 Å². The third-order valence-electron chi connectivity index (χ3n) is 5.10. The molecule has 176 valence electrons. The minimum absolute atomic E-state index is 0. The van der Waals surface area contributed by atoms with Gasteiger partial charge in [-0.15, -0.1) is 24.0 Å². The lowest BCUT2D eigenvalue weighted by molar-refractivity contribution is -0.119. The fourth-order valence-electron chi connectivity index (χ4n) is 3.08. The van der Waals surface area contributed by atoms with Crippen LogP contribution >= 0.6 is 24.0 Å². The van der Waals surface area contributed by atoms with Crippen molar-refractivity contribution < 1.29 is 14.3 Å². The van der Waals surface area contributed by atoms with E-state index < -0.39 is 0 Å². The molecule has 0 aromatic heterocycles. The van der Waals surface area contributed by atoms with Gasteiger partial charge in [0.05, 0.1) is 19.3 Å². The molecule has 31 heavy (non-hydrogen) atoms. The van der Waals surface area contributed by atoms with Crippen LogP contribution in [0.15, 0.2) is 29.3 Å². The highest BCUT2D eigenvalue weighted by molar-refractivity contribution is 14.0. The Morgan fingerprint density at radius 2 is 2.16 bits per heavy atom. The van der Waals surface area contributed by atoms with Crippen LogP contribution in [0.4, 0.5) is 5.69 Å². The maximum atomic E-state index is 12.1. The lowest BCUT2D eigenvalue weighted by Gasteiger charge is -2.13. The second-order valence-corrected chi connectivity index (χ2v) is 7.68. The largest absolute Gasteiger partial charge is 0.379 e. The van der Waals surface area contributed by atoms with Crippen molar-refractivity contribution in [2.45, 2.75) is 59.1 Å². The second-order valence-electron chi connectivity index (χ2n) is 7.68. The number of nitrogens with zero attached hydrogens (tertiary/aromatic N) is 1. The van der Waals surface area contributed by atoms with Crippen molar-refractivity contribution in [1.82, 2.24) is 10.6 Å². The van der Waals surface area contributed by atoms with E-state index in [-0.39, 0.29) is 41.9 Å². The summed E-state index contributed by atoms with van der Waals surface area (Å²) in [6.45, 7) is 10.4. The molecule has 8 heteroatoms. The maximum absolute atomic E-state index is 12.1. The van der Waals surface area contributed by atoms with Crippen molar-refractivity contribution in [1.29, 1.82) is 0 Å². The molecule has 0 saturated carbocycles. The van der Waals surface area contributed by atoms with E-state index in [1.165, 1.54) is 0 Å². The molecule has 3 N–H and O–H groups in total. The standard InChI is InChI=1S/C23H38N4O3.HI/c1-4-18(3)22(28)27-20-10-6-9-19(15-20)16-26-23(24-5-2)25-12-8-13-29-17-21-11-7-14-30-21;/h6,9-10,15,18,21H,4-5,7-8,11-14,16-17H2,1-3H3,(H,27,28)(H2,24,25,26);1H. The Morgan fingerprint density at radius 1 is 1.32 bits per heavy atom. The van der Waals surface area contributed by atoms with Gasteiger partial charge < -0.3 is 25.4 Å². The first-order valence-electron chi connectivity index (χ1n) is 11.2. The van der Waals surface area contributed by atoms with Crippen LogP contribution < -0.4 is 16.0 Å². The minimum atomic E-state index is 0. The van der Waals surface area contributed by atoms with Gasteiger partial charge in [0.2, 0.25) is 5.91 Å². The van der Waals surface area contributed by atoms with E-state index in [9.17, 15) is 4.79 Å². The molecule has 1 aliphatic heterocycles.